The van der Waals surface area contributed by atoms with Gasteiger partial charge in [0.25, 0.3) is 0 Å². The molecule has 72 valence electrons. The molecule has 0 aromatic rings. The highest BCUT2D eigenvalue weighted by Crippen LogP contribution is 2.44. The van der Waals surface area contributed by atoms with Gasteiger partial charge in [-0.3, -0.25) is 4.79 Å². The van der Waals surface area contributed by atoms with Crippen LogP contribution >= 0.6 is 0 Å². The van der Waals surface area contributed by atoms with E-state index >= 15 is 0 Å². The highest BCUT2D eigenvalue weighted by atomic mass is 16.1. The highest BCUT2D eigenvalue weighted by Gasteiger charge is 2.33. The van der Waals surface area contributed by atoms with Gasteiger partial charge in [0.2, 0.25) is 0 Å². The van der Waals surface area contributed by atoms with Crippen LogP contribution in [0.3, 0.4) is 0 Å². The molecule has 0 radical (unpaired) electrons. The van der Waals surface area contributed by atoms with Gasteiger partial charge in [0.05, 0.1) is 0 Å². The number of hydrogen-bond donors (Lipinski definition) is 0. The van der Waals surface area contributed by atoms with Crippen LogP contribution in [0.15, 0.2) is 11.6 Å². The van der Waals surface area contributed by atoms with Crippen LogP contribution in [0.1, 0.15) is 51.9 Å². The highest BCUT2D eigenvalue weighted by molar-refractivity contribution is 5.91. The number of carbonyl (C=O) groups is 1. The van der Waals surface area contributed by atoms with Crippen molar-refractivity contribution in [2.24, 2.45) is 5.41 Å². The monoisotopic (exact) mass is 178 g/mol. The lowest BCUT2D eigenvalue weighted by Crippen LogP contribution is -2.24. The van der Waals surface area contributed by atoms with Crippen LogP contribution in [-0.2, 0) is 4.79 Å². The maximum Gasteiger partial charge on any atom is 0.155 e. The fourth-order valence-electron chi connectivity index (χ4n) is 2.67. The van der Waals surface area contributed by atoms with Crippen molar-refractivity contribution in [3.8, 4) is 0 Å². The molecule has 0 aliphatic heterocycles. The van der Waals surface area contributed by atoms with Crippen LogP contribution in [0.4, 0.5) is 0 Å². The molecule has 2 aliphatic rings. The third kappa shape index (κ3) is 1.70. The van der Waals surface area contributed by atoms with Crippen LogP contribution in [-0.4, -0.2) is 5.78 Å². The van der Waals surface area contributed by atoms with Crippen molar-refractivity contribution in [1.82, 2.24) is 0 Å². The Balaban J connectivity index is 2.27. The van der Waals surface area contributed by atoms with E-state index in [0.717, 1.165) is 12.8 Å². The standard InChI is InChI=1S/C12H18O/c1-12-7-4-2-3-5-10(12)9-11(13)6-8-12/h9H,2-8H2,1H3/t12-/m1/s1. The summed E-state index contributed by atoms with van der Waals surface area (Å²) in [6.07, 6.45) is 10.3. The van der Waals surface area contributed by atoms with Gasteiger partial charge < -0.3 is 0 Å². The van der Waals surface area contributed by atoms with E-state index in [2.05, 4.69) is 6.92 Å². The Morgan fingerprint density at radius 2 is 2.00 bits per heavy atom. The van der Waals surface area contributed by atoms with Crippen LogP contribution in [0.2, 0.25) is 0 Å². The summed E-state index contributed by atoms with van der Waals surface area (Å²) >= 11 is 0. The largest absolute Gasteiger partial charge is 0.295 e. The average molecular weight is 178 g/mol. The molecule has 0 unspecified atom stereocenters. The summed E-state index contributed by atoms with van der Waals surface area (Å²) in [4.78, 5) is 11.3. The predicted octanol–water partition coefficient (Wildman–Crippen LogP) is 3.25. The van der Waals surface area contributed by atoms with Gasteiger partial charge in [-0.15, -0.1) is 0 Å². The molecule has 1 heteroatoms. The molecule has 0 amide bonds. The zero-order valence-corrected chi connectivity index (χ0v) is 8.44. The number of rotatable bonds is 0. The van der Waals surface area contributed by atoms with E-state index in [1.165, 1.54) is 37.7 Å². The van der Waals surface area contributed by atoms with Gasteiger partial charge in [0.15, 0.2) is 5.78 Å². The van der Waals surface area contributed by atoms with Crippen molar-refractivity contribution in [1.29, 1.82) is 0 Å². The summed E-state index contributed by atoms with van der Waals surface area (Å²) < 4.78 is 0. The Bertz CT molecular complexity index is 252. The molecule has 1 saturated carbocycles. The van der Waals surface area contributed by atoms with E-state index in [1.54, 1.807) is 0 Å². The molecule has 2 aliphatic carbocycles. The molecule has 1 atom stereocenters. The first-order valence-electron chi connectivity index (χ1n) is 5.45. The second kappa shape index (κ2) is 3.28. The number of allylic oxidation sites excluding steroid dienone is 2. The predicted molar refractivity (Wildman–Crippen MR) is 53.5 cm³/mol. The second-order valence-corrected chi connectivity index (χ2v) is 4.76. The number of fused-ring (bicyclic) bond motifs is 1. The van der Waals surface area contributed by atoms with Crippen molar-refractivity contribution >= 4 is 5.78 Å². The molecule has 13 heavy (non-hydrogen) atoms. The van der Waals surface area contributed by atoms with Gasteiger partial charge >= 0.3 is 0 Å². The van der Waals surface area contributed by atoms with Crippen molar-refractivity contribution in [2.75, 3.05) is 0 Å². The summed E-state index contributed by atoms with van der Waals surface area (Å²) in [5.74, 6) is 0.356. The molecule has 0 N–H and O–H groups in total. The minimum atomic E-state index is 0.356. The minimum Gasteiger partial charge on any atom is -0.295 e. The van der Waals surface area contributed by atoms with Crippen LogP contribution in [0.5, 0.6) is 0 Å². The first-order valence-corrected chi connectivity index (χ1v) is 5.45. The molecule has 0 spiro atoms. The van der Waals surface area contributed by atoms with Crippen molar-refractivity contribution in [3.63, 3.8) is 0 Å². The Hall–Kier alpha value is -0.590. The van der Waals surface area contributed by atoms with Crippen LogP contribution in [0, 0.1) is 5.41 Å². The normalized spacial score (nSPS) is 34.8. The quantitative estimate of drug-likeness (QED) is 0.556. The topological polar surface area (TPSA) is 17.1 Å². The Morgan fingerprint density at radius 3 is 2.85 bits per heavy atom. The number of carbonyl (C=O) groups excluding carboxylic acids is 1. The molecule has 0 saturated heterocycles. The van der Waals surface area contributed by atoms with E-state index in [0.29, 0.717) is 11.2 Å². The second-order valence-electron chi connectivity index (χ2n) is 4.76. The fourth-order valence-corrected chi connectivity index (χ4v) is 2.67. The molecule has 0 aromatic carbocycles. The number of ketones is 1. The van der Waals surface area contributed by atoms with Gasteiger partial charge in [0.1, 0.15) is 0 Å². The van der Waals surface area contributed by atoms with Crippen LogP contribution in [0.25, 0.3) is 0 Å². The lowest BCUT2D eigenvalue weighted by Gasteiger charge is -2.33. The smallest absolute Gasteiger partial charge is 0.155 e. The summed E-state index contributed by atoms with van der Waals surface area (Å²) in [5, 5.41) is 0. The van der Waals surface area contributed by atoms with Gasteiger partial charge in [-0.05, 0) is 37.2 Å². The molecule has 0 heterocycles. The van der Waals surface area contributed by atoms with Gasteiger partial charge in [-0.25, -0.2) is 0 Å². The molecular formula is C12H18O. The minimum absolute atomic E-state index is 0.356. The lowest BCUT2D eigenvalue weighted by molar-refractivity contribution is -0.115. The summed E-state index contributed by atoms with van der Waals surface area (Å²) in [6, 6.07) is 0. The first kappa shape index (κ1) is 8.98. The zero-order valence-electron chi connectivity index (χ0n) is 8.44. The van der Waals surface area contributed by atoms with Crippen molar-refractivity contribution in [3.05, 3.63) is 11.6 Å². The third-order valence-corrected chi connectivity index (χ3v) is 3.71. The van der Waals surface area contributed by atoms with Gasteiger partial charge in [-0.1, -0.05) is 25.3 Å². The summed E-state index contributed by atoms with van der Waals surface area (Å²) in [5.41, 5.74) is 1.82. The summed E-state index contributed by atoms with van der Waals surface area (Å²) in [7, 11) is 0. The third-order valence-electron chi connectivity index (χ3n) is 3.71. The van der Waals surface area contributed by atoms with Crippen LogP contribution < -0.4 is 0 Å². The molecule has 0 bridgehead atoms. The van der Waals surface area contributed by atoms with E-state index in [4.69, 9.17) is 0 Å². The van der Waals surface area contributed by atoms with E-state index in [-0.39, 0.29) is 0 Å². The maximum atomic E-state index is 11.3. The van der Waals surface area contributed by atoms with Gasteiger partial charge in [0, 0.05) is 6.42 Å². The number of hydrogen-bond acceptors (Lipinski definition) is 1. The fraction of sp³-hybridized carbons (Fsp3) is 0.750. The Kier molecular flexibility index (Phi) is 2.27. The van der Waals surface area contributed by atoms with Crippen molar-refractivity contribution < 1.29 is 4.79 Å². The van der Waals surface area contributed by atoms with Crippen molar-refractivity contribution in [2.45, 2.75) is 51.9 Å². The molecule has 0 aromatic heterocycles. The average Bonchev–Trinajstić information content (AvgIpc) is 2.28. The van der Waals surface area contributed by atoms with E-state index in [1.807, 2.05) is 6.08 Å². The maximum absolute atomic E-state index is 11.3. The summed E-state index contributed by atoms with van der Waals surface area (Å²) in [6.45, 7) is 2.34. The molecule has 2 rings (SSSR count). The first-order chi connectivity index (χ1) is 6.21. The Labute approximate surface area is 80.2 Å². The Morgan fingerprint density at radius 1 is 1.15 bits per heavy atom. The molecular weight excluding hydrogens is 160 g/mol. The van der Waals surface area contributed by atoms with Gasteiger partial charge in [-0.2, -0.15) is 0 Å². The SMILES string of the molecule is C[C@]12CCCCCC1=CC(=O)CC2. The van der Waals surface area contributed by atoms with E-state index in [9.17, 15) is 4.79 Å². The molecule has 1 nitrogen and oxygen atoms in total. The molecule has 1 fully saturated rings. The zero-order chi connectivity index (χ0) is 9.31. The van der Waals surface area contributed by atoms with E-state index < -0.39 is 0 Å². The lowest BCUT2D eigenvalue weighted by atomic mass is 9.71.